The molecule has 5 heteroatoms. The van der Waals surface area contributed by atoms with E-state index in [1.807, 2.05) is 48.5 Å². The van der Waals surface area contributed by atoms with Gasteiger partial charge < -0.3 is 5.73 Å². The van der Waals surface area contributed by atoms with Gasteiger partial charge in [0.2, 0.25) is 0 Å². The van der Waals surface area contributed by atoms with Crippen molar-refractivity contribution in [3.05, 3.63) is 71.3 Å². The Bertz CT molecular complexity index is 687. The van der Waals surface area contributed by atoms with Crippen LogP contribution in [0.1, 0.15) is 16.7 Å². The van der Waals surface area contributed by atoms with Crippen molar-refractivity contribution >= 4 is 23.1 Å². The van der Waals surface area contributed by atoms with Gasteiger partial charge in [0.05, 0.1) is 17.8 Å². The van der Waals surface area contributed by atoms with Crippen LogP contribution in [0.15, 0.2) is 64.8 Å². The number of hydrogen-bond donors (Lipinski definition) is 1. The molecule has 2 aromatic rings. The topological polar surface area (TPSA) is 74.5 Å². The zero-order valence-corrected chi connectivity index (χ0v) is 12.1. The Labute approximate surface area is 128 Å². The van der Waals surface area contributed by atoms with Crippen LogP contribution in [0.5, 0.6) is 0 Å². The van der Waals surface area contributed by atoms with Crippen molar-refractivity contribution in [2.45, 2.75) is 5.75 Å². The van der Waals surface area contributed by atoms with Crippen LogP contribution in [0.3, 0.4) is 0 Å². The van der Waals surface area contributed by atoms with E-state index in [9.17, 15) is 0 Å². The lowest BCUT2D eigenvalue weighted by Crippen LogP contribution is -2.06. The summed E-state index contributed by atoms with van der Waals surface area (Å²) >= 11 is 1.42. The van der Waals surface area contributed by atoms with Crippen LogP contribution in [-0.2, 0) is 5.75 Å². The van der Waals surface area contributed by atoms with E-state index in [4.69, 9.17) is 11.0 Å². The second kappa shape index (κ2) is 7.88. The number of hydrogen-bond acceptors (Lipinski definition) is 4. The van der Waals surface area contributed by atoms with Gasteiger partial charge in [-0.3, -0.25) is 0 Å². The zero-order chi connectivity index (χ0) is 14.9. The summed E-state index contributed by atoms with van der Waals surface area (Å²) in [5, 5.41) is 17.2. The minimum absolute atomic E-state index is 0.393. The first-order valence-corrected chi connectivity index (χ1v) is 7.30. The van der Waals surface area contributed by atoms with Crippen LogP contribution in [0.25, 0.3) is 0 Å². The van der Waals surface area contributed by atoms with Crippen LogP contribution in [-0.4, -0.2) is 11.4 Å². The molecule has 0 bridgehead atoms. The molecule has 0 amide bonds. The number of benzene rings is 2. The molecular formula is C16H14N4S. The molecule has 0 fully saturated rings. The Morgan fingerprint density at radius 3 is 2.62 bits per heavy atom. The van der Waals surface area contributed by atoms with Crippen molar-refractivity contribution in [3.8, 4) is 6.07 Å². The van der Waals surface area contributed by atoms with Crippen LogP contribution in [0.4, 0.5) is 0 Å². The smallest absolute Gasteiger partial charge is 0.180 e. The Morgan fingerprint density at radius 1 is 1.14 bits per heavy atom. The molecule has 21 heavy (non-hydrogen) atoms. The van der Waals surface area contributed by atoms with Crippen LogP contribution in [0, 0.1) is 11.3 Å². The lowest BCUT2D eigenvalue weighted by molar-refractivity contribution is 1.25. The highest BCUT2D eigenvalue weighted by molar-refractivity contribution is 8.13. The SMILES string of the molecule is N#Cc1ccccc1C=NN=C(N)SCc1ccccc1. The third kappa shape index (κ3) is 4.79. The van der Waals surface area contributed by atoms with Gasteiger partial charge in [-0.25, -0.2) is 0 Å². The van der Waals surface area contributed by atoms with Crippen molar-refractivity contribution in [3.63, 3.8) is 0 Å². The molecule has 0 heterocycles. The summed E-state index contributed by atoms with van der Waals surface area (Å²) in [6.07, 6.45) is 1.54. The standard InChI is InChI=1S/C16H14N4S/c17-10-14-8-4-5-9-15(14)11-19-20-16(18)21-12-13-6-2-1-3-7-13/h1-9,11H,12H2,(H2,18,20). The predicted molar refractivity (Wildman–Crippen MR) is 88.1 cm³/mol. The van der Waals surface area contributed by atoms with Gasteiger partial charge in [0.1, 0.15) is 0 Å². The van der Waals surface area contributed by atoms with E-state index in [1.165, 1.54) is 23.5 Å². The third-order valence-corrected chi connectivity index (χ3v) is 3.52. The zero-order valence-electron chi connectivity index (χ0n) is 11.3. The van der Waals surface area contributed by atoms with Gasteiger partial charge in [-0.05, 0) is 11.6 Å². The number of nitriles is 1. The Balaban J connectivity index is 1.94. The van der Waals surface area contributed by atoms with Crippen molar-refractivity contribution in [1.82, 2.24) is 0 Å². The normalized spacial score (nSPS) is 11.5. The first kappa shape index (κ1) is 14.8. The summed E-state index contributed by atoms with van der Waals surface area (Å²) in [6, 6.07) is 19.3. The molecule has 0 aliphatic heterocycles. The highest BCUT2D eigenvalue weighted by Gasteiger charge is 1.97. The van der Waals surface area contributed by atoms with Gasteiger partial charge in [-0.15, -0.1) is 5.10 Å². The molecule has 0 saturated carbocycles. The van der Waals surface area contributed by atoms with Gasteiger partial charge in [0, 0.05) is 11.3 Å². The average molecular weight is 294 g/mol. The largest absolute Gasteiger partial charge is 0.377 e. The van der Waals surface area contributed by atoms with E-state index >= 15 is 0 Å². The maximum absolute atomic E-state index is 8.96. The summed E-state index contributed by atoms with van der Waals surface area (Å²) in [6.45, 7) is 0. The van der Waals surface area contributed by atoms with Gasteiger partial charge >= 0.3 is 0 Å². The fourth-order valence-electron chi connectivity index (χ4n) is 1.62. The van der Waals surface area contributed by atoms with Gasteiger partial charge in [-0.1, -0.05) is 60.3 Å². The Morgan fingerprint density at radius 2 is 1.86 bits per heavy atom. The molecule has 0 saturated heterocycles. The molecule has 0 unspecified atom stereocenters. The molecule has 0 aliphatic rings. The van der Waals surface area contributed by atoms with E-state index in [0.29, 0.717) is 10.7 Å². The van der Waals surface area contributed by atoms with E-state index in [2.05, 4.69) is 16.3 Å². The van der Waals surface area contributed by atoms with Crippen LogP contribution in [0.2, 0.25) is 0 Å². The quantitative estimate of drug-likeness (QED) is 0.535. The molecule has 2 rings (SSSR count). The maximum atomic E-state index is 8.96. The molecule has 0 aliphatic carbocycles. The van der Waals surface area contributed by atoms with Gasteiger partial charge in [0.15, 0.2) is 5.17 Å². The van der Waals surface area contributed by atoms with Crippen molar-refractivity contribution in [2.24, 2.45) is 15.9 Å². The molecule has 4 nitrogen and oxygen atoms in total. The van der Waals surface area contributed by atoms with Gasteiger partial charge in [0.25, 0.3) is 0 Å². The lowest BCUT2D eigenvalue weighted by Gasteiger charge is -1.99. The maximum Gasteiger partial charge on any atom is 0.180 e. The lowest BCUT2D eigenvalue weighted by atomic mass is 10.1. The molecule has 2 aromatic carbocycles. The number of nitrogens with two attached hydrogens (primary N) is 1. The first-order chi connectivity index (χ1) is 10.3. The fraction of sp³-hybridized carbons (Fsp3) is 0.0625. The molecule has 0 spiro atoms. The number of nitrogens with zero attached hydrogens (tertiary/aromatic N) is 3. The van der Waals surface area contributed by atoms with Crippen LogP contribution < -0.4 is 5.73 Å². The van der Waals surface area contributed by atoms with E-state index in [1.54, 1.807) is 6.07 Å². The Kier molecular flexibility index (Phi) is 5.56. The average Bonchev–Trinajstić information content (AvgIpc) is 2.54. The molecule has 0 radical (unpaired) electrons. The highest BCUT2D eigenvalue weighted by atomic mass is 32.2. The molecule has 0 aromatic heterocycles. The molecule has 2 N–H and O–H groups in total. The predicted octanol–water partition coefficient (Wildman–Crippen LogP) is 3.14. The summed E-state index contributed by atoms with van der Waals surface area (Å²) in [5.74, 6) is 0.750. The summed E-state index contributed by atoms with van der Waals surface area (Å²) in [7, 11) is 0. The molecular weight excluding hydrogens is 280 g/mol. The van der Waals surface area contributed by atoms with Crippen molar-refractivity contribution in [1.29, 1.82) is 5.26 Å². The second-order valence-corrected chi connectivity index (χ2v) is 5.15. The molecule has 0 atom stereocenters. The monoisotopic (exact) mass is 294 g/mol. The highest BCUT2D eigenvalue weighted by Crippen LogP contribution is 2.11. The van der Waals surface area contributed by atoms with Crippen molar-refractivity contribution < 1.29 is 0 Å². The number of rotatable bonds is 4. The summed E-state index contributed by atoms with van der Waals surface area (Å²) in [5.41, 5.74) is 8.26. The van der Waals surface area contributed by atoms with E-state index in [-0.39, 0.29) is 0 Å². The van der Waals surface area contributed by atoms with Crippen molar-refractivity contribution in [2.75, 3.05) is 0 Å². The number of thioether (sulfide) groups is 1. The fourth-order valence-corrected chi connectivity index (χ4v) is 2.23. The summed E-state index contributed by atoms with van der Waals surface area (Å²) < 4.78 is 0. The number of amidine groups is 1. The minimum Gasteiger partial charge on any atom is -0.377 e. The van der Waals surface area contributed by atoms with E-state index < -0.39 is 0 Å². The minimum atomic E-state index is 0.393. The van der Waals surface area contributed by atoms with E-state index in [0.717, 1.165) is 11.3 Å². The molecule has 104 valence electrons. The van der Waals surface area contributed by atoms with Gasteiger partial charge in [-0.2, -0.15) is 10.4 Å². The second-order valence-electron chi connectivity index (χ2n) is 4.16. The summed E-state index contributed by atoms with van der Waals surface area (Å²) in [4.78, 5) is 0. The first-order valence-electron chi connectivity index (χ1n) is 6.32. The van der Waals surface area contributed by atoms with Crippen LogP contribution >= 0.6 is 11.8 Å². The third-order valence-electron chi connectivity index (χ3n) is 2.66. The Hall–Kier alpha value is -2.58.